The zero-order valence-corrected chi connectivity index (χ0v) is 11.6. The maximum atomic E-state index is 13.9. The molecule has 0 saturated carbocycles. The fourth-order valence-corrected chi connectivity index (χ4v) is 2.01. The Balaban J connectivity index is 2.30. The van der Waals surface area contributed by atoms with Crippen LogP contribution < -0.4 is 10.1 Å². The molecule has 2 aromatic rings. The smallest absolute Gasteiger partial charge is 0.146 e. The summed E-state index contributed by atoms with van der Waals surface area (Å²) in [7, 11) is 1.78. The Kier molecular flexibility index (Phi) is 5.01. The number of hydrogen-bond donors (Lipinski definition) is 1. The van der Waals surface area contributed by atoms with Gasteiger partial charge in [-0.1, -0.05) is 6.92 Å². The van der Waals surface area contributed by atoms with Crippen molar-refractivity contribution >= 4 is 0 Å². The van der Waals surface area contributed by atoms with Crippen molar-refractivity contribution in [3.63, 3.8) is 0 Å². The van der Waals surface area contributed by atoms with Crippen molar-refractivity contribution in [3.05, 3.63) is 53.9 Å². The van der Waals surface area contributed by atoms with E-state index in [2.05, 4.69) is 15.3 Å². The average molecular weight is 275 g/mol. The SMILES string of the molecule is CCCOc1cncc(C(NC)c2ccncc2F)c1. The Morgan fingerprint density at radius 2 is 2.15 bits per heavy atom. The van der Waals surface area contributed by atoms with Gasteiger partial charge in [0.1, 0.15) is 11.6 Å². The summed E-state index contributed by atoms with van der Waals surface area (Å²) in [6.45, 7) is 2.68. The van der Waals surface area contributed by atoms with Gasteiger partial charge in [-0.25, -0.2) is 4.39 Å². The summed E-state index contributed by atoms with van der Waals surface area (Å²) in [6, 6.07) is 3.26. The minimum Gasteiger partial charge on any atom is -0.492 e. The third-order valence-electron chi connectivity index (χ3n) is 2.94. The second-order valence-electron chi connectivity index (χ2n) is 4.42. The fourth-order valence-electron chi connectivity index (χ4n) is 2.01. The van der Waals surface area contributed by atoms with Crippen LogP contribution >= 0.6 is 0 Å². The van der Waals surface area contributed by atoms with Gasteiger partial charge in [0.15, 0.2) is 0 Å². The van der Waals surface area contributed by atoms with E-state index in [4.69, 9.17) is 4.74 Å². The van der Waals surface area contributed by atoms with Crippen molar-refractivity contribution in [3.8, 4) is 5.75 Å². The number of nitrogens with zero attached hydrogens (tertiary/aromatic N) is 2. The molecule has 106 valence electrons. The Labute approximate surface area is 118 Å². The fraction of sp³-hybridized carbons (Fsp3) is 0.333. The van der Waals surface area contributed by atoms with E-state index in [1.54, 1.807) is 31.7 Å². The van der Waals surface area contributed by atoms with Gasteiger partial charge in [0, 0.05) is 18.0 Å². The standard InChI is InChI=1S/C15H18FN3O/c1-3-6-20-12-7-11(8-19-9-12)15(17-2)13-4-5-18-10-14(13)16/h4-5,7-10,15,17H,3,6H2,1-2H3. The molecule has 20 heavy (non-hydrogen) atoms. The summed E-state index contributed by atoms with van der Waals surface area (Å²) in [5, 5.41) is 3.10. The Morgan fingerprint density at radius 3 is 2.85 bits per heavy atom. The first-order valence-electron chi connectivity index (χ1n) is 6.60. The minimum atomic E-state index is -0.341. The highest BCUT2D eigenvalue weighted by Crippen LogP contribution is 2.25. The van der Waals surface area contributed by atoms with E-state index in [-0.39, 0.29) is 11.9 Å². The highest BCUT2D eigenvalue weighted by molar-refractivity contribution is 5.33. The van der Waals surface area contributed by atoms with Gasteiger partial charge in [-0.2, -0.15) is 0 Å². The number of ether oxygens (including phenoxy) is 1. The zero-order valence-electron chi connectivity index (χ0n) is 11.6. The van der Waals surface area contributed by atoms with Crippen LogP contribution in [-0.2, 0) is 0 Å². The van der Waals surface area contributed by atoms with Crippen molar-refractivity contribution in [1.82, 2.24) is 15.3 Å². The van der Waals surface area contributed by atoms with Gasteiger partial charge in [-0.3, -0.25) is 9.97 Å². The van der Waals surface area contributed by atoms with Crippen LogP contribution in [0, 0.1) is 5.82 Å². The molecule has 0 bridgehead atoms. The van der Waals surface area contributed by atoms with Crippen LogP contribution in [0.15, 0.2) is 36.9 Å². The molecule has 4 nitrogen and oxygen atoms in total. The van der Waals surface area contributed by atoms with E-state index < -0.39 is 0 Å². The van der Waals surface area contributed by atoms with Crippen LogP contribution in [-0.4, -0.2) is 23.6 Å². The lowest BCUT2D eigenvalue weighted by Crippen LogP contribution is -2.19. The first-order valence-corrected chi connectivity index (χ1v) is 6.60. The van der Waals surface area contributed by atoms with E-state index in [0.29, 0.717) is 17.9 Å². The van der Waals surface area contributed by atoms with Crippen LogP contribution in [0.1, 0.15) is 30.5 Å². The number of nitrogens with one attached hydrogen (secondary N) is 1. The van der Waals surface area contributed by atoms with Crippen LogP contribution in [0.2, 0.25) is 0 Å². The first-order chi connectivity index (χ1) is 9.76. The summed E-state index contributed by atoms with van der Waals surface area (Å²) < 4.78 is 19.4. The number of aromatic nitrogens is 2. The molecule has 0 amide bonds. The van der Waals surface area contributed by atoms with Crippen molar-refractivity contribution in [1.29, 1.82) is 0 Å². The zero-order chi connectivity index (χ0) is 14.4. The molecule has 0 spiro atoms. The molecule has 0 saturated heterocycles. The van der Waals surface area contributed by atoms with Crippen molar-refractivity contribution in [2.45, 2.75) is 19.4 Å². The predicted molar refractivity (Wildman–Crippen MR) is 75.1 cm³/mol. The number of hydrogen-bond acceptors (Lipinski definition) is 4. The summed E-state index contributed by atoms with van der Waals surface area (Å²) >= 11 is 0. The molecule has 0 fully saturated rings. The predicted octanol–water partition coefficient (Wildman–Crippen LogP) is 2.71. The van der Waals surface area contributed by atoms with Crippen LogP contribution in [0.3, 0.4) is 0 Å². The maximum Gasteiger partial charge on any atom is 0.146 e. The molecule has 0 aliphatic heterocycles. The van der Waals surface area contributed by atoms with Crippen molar-refractivity contribution in [2.75, 3.05) is 13.7 Å². The molecule has 2 heterocycles. The van der Waals surface area contributed by atoms with Gasteiger partial charge in [-0.05, 0) is 31.2 Å². The largest absolute Gasteiger partial charge is 0.492 e. The molecule has 2 aromatic heterocycles. The van der Waals surface area contributed by atoms with Crippen LogP contribution in [0.5, 0.6) is 5.75 Å². The summed E-state index contributed by atoms with van der Waals surface area (Å²) in [5.74, 6) is 0.353. The lowest BCUT2D eigenvalue weighted by Gasteiger charge is -2.18. The summed E-state index contributed by atoms with van der Waals surface area (Å²) in [5.41, 5.74) is 1.39. The molecule has 1 atom stereocenters. The molecule has 2 rings (SSSR count). The monoisotopic (exact) mass is 275 g/mol. The maximum absolute atomic E-state index is 13.9. The lowest BCUT2D eigenvalue weighted by molar-refractivity contribution is 0.315. The quantitative estimate of drug-likeness (QED) is 0.880. The van der Waals surface area contributed by atoms with E-state index in [0.717, 1.165) is 12.0 Å². The van der Waals surface area contributed by atoms with Gasteiger partial charge in [0.05, 0.1) is 25.0 Å². The van der Waals surface area contributed by atoms with E-state index in [1.807, 2.05) is 13.0 Å². The van der Waals surface area contributed by atoms with Gasteiger partial charge >= 0.3 is 0 Å². The summed E-state index contributed by atoms with van der Waals surface area (Å²) in [4.78, 5) is 7.93. The highest BCUT2D eigenvalue weighted by Gasteiger charge is 2.17. The molecule has 0 aliphatic carbocycles. The third-order valence-corrected chi connectivity index (χ3v) is 2.94. The summed E-state index contributed by atoms with van der Waals surface area (Å²) in [6.07, 6.45) is 7.09. The second kappa shape index (κ2) is 6.96. The molecule has 1 unspecified atom stereocenters. The van der Waals surface area contributed by atoms with Gasteiger partial charge in [0.2, 0.25) is 0 Å². The number of halogens is 1. The van der Waals surface area contributed by atoms with Crippen LogP contribution in [0.4, 0.5) is 4.39 Å². The molecule has 0 aliphatic rings. The van der Waals surface area contributed by atoms with Crippen molar-refractivity contribution in [2.24, 2.45) is 0 Å². The van der Waals surface area contributed by atoms with Gasteiger partial charge in [-0.15, -0.1) is 0 Å². The topological polar surface area (TPSA) is 47.0 Å². The van der Waals surface area contributed by atoms with Crippen molar-refractivity contribution < 1.29 is 9.13 Å². The molecular formula is C15H18FN3O. The average Bonchev–Trinajstić information content (AvgIpc) is 2.48. The Morgan fingerprint density at radius 1 is 1.30 bits per heavy atom. The van der Waals surface area contributed by atoms with E-state index in [1.165, 1.54) is 6.20 Å². The molecule has 5 heteroatoms. The Hall–Kier alpha value is -2.01. The second-order valence-corrected chi connectivity index (χ2v) is 4.42. The minimum absolute atomic E-state index is 0.282. The van der Waals surface area contributed by atoms with E-state index in [9.17, 15) is 4.39 Å². The van der Waals surface area contributed by atoms with Gasteiger partial charge < -0.3 is 10.1 Å². The van der Waals surface area contributed by atoms with Crippen LogP contribution in [0.25, 0.3) is 0 Å². The molecule has 0 radical (unpaired) electrons. The van der Waals surface area contributed by atoms with Gasteiger partial charge in [0.25, 0.3) is 0 Å². The number of rotatable bonds is 6. The van der Waals surface area contributed by atoms with E-state index >= 15 is 0 Å². The first kappa shape index (κ1) is 14.4. The Bertz CT molecular complexity index is 562. The normalized spacial score (nSPS) is 12.2. The molecule has 1 N–H and O–H groups in total. The molecule has 0 aromatic carbocycles. The highest BCUT2D eigenvalue weighted by atomic mass is 19.1. The lowest BCUT2D eigenvalue weighted by atomic mass is 10.0. The molecular weight excluding hydrogens is 257 g/mol. The third kappa shape index (κ3) is 3.30. The number of pyridine rings is 2.